The van der Waals surface area contributed by atoms with Crippen molar-refractivity contribution in [1.29, 1.82) is 0 Å². The molecule has 1 aromatic carbocycles. The van der Waals surface area contributed by atoms with Crippen LogP contribution in [-0.4, -0.2) is 36.0 Å². The molecule has 2 aromatic rings. The first kappa shape index (κ1) is 25.9. The van der Waals surface area contributed by atoms with Crippen molar-refractivity contribution in [2.75, 3.05) is 4.72 Å². The molecule has 0 aliphatic carbocycles. The van der Waals surface area contributed by atoms with Crippen LogP contribution in [0.25, 0.3) is 0 Å². The molecule has 10 nitrogen and oxygen atoms in total. The maximum atomic E-state index is 12.8. The topological polar surface area (TPSA) is 148 Å². The van der Waals surface area contributed by atoms with Crippen molar-refractivity contribution in [3.63, 3.8) is 0 Å². The average molecular weight is 475 g/mol. The predicted molar refractivity (Wildman–Crippen MR) is 128 cm³/mol. The summed E-state index contributed by atoms with van der Waals surface area (Å²) in [5.74, 6) is -0.415. The zero-order valence-electron chi connectivity index (χ0n) is 19.0. The van der Waals surface area contributed by atoms with Crippen molar-refractivity contribution in [2.24, 2.45) is 4.99 Å². The molecular formula is C22H28N5O5S-. The Morgan fingerprint density at radius 2 is 1.97 bits per heavy atom. The fraction of sp³-hybridized carbons (Fsp3) is 0.364. The van der Waals surface area contributed by atoms with Gasteiger partial charge in [-0.3, -0.25) is 28.3 Å². The lowest BCUT2D eigenvalue weighted by molar-refractivity contribution is -0.122. The van der Waals surface area contributed by atoms with Crippen molar-refractivity contribution in [3.8, 4) is 0 Å². The normalized spacial score (nSPS) is 14.0. The third-order valence-corrected chi connectivity index (χ3v) is 5.36. The Labute approximate surface area is 194 Å². The number of hydrogen-bond acceptors (Lipinski definition) is 6. The summed E-state index contributed by atoms with van der Waals surface area (Å²) >= 11 is -2.42. The number of anilines is 1. The molecule has 0 radical (unpaired) electrons. The molecule has 1 amide bonds. The molecule has 1 heterocycles. The van der Waals surface area contributed by atoms with Gasteiger partial charge in [-0.05, 0) is 51.3 Å². The van der Waals surface area contributed by atoms with Crippen molar-refractivity contribution in [2.45, 2.75) is 53.1 Å². The predicted octanol–water partition coefficient (Wildman–Crippen LogP) is 1.55. The van der Waals surface area contributed by atoms with E-state index in [1.54, 1.807) is 31.2 Å². The van der Waals surface area contributed by atoms with Gasteiger partial charge in [0, 0.05) is 40.1 Å². The quantitative estimate of drug-likeness (QED) is 0.353. The number of amides is 1. The number of aromatic amines is 1. The van der Waals surface area contributed by atoms with Gasteiger partial charge in [-0.25, -0.2) is 4.79 Å². The van der Waals surface area contributed by atoms with Crippen LogP contribution in [0.4, 0.5) is 5.69 Å². The zero-order chi connectivity index (χ0) is 24.5. The largest absolute Gasteiger partial charge is 0.755 e. The lowest BCUT2D eigenvalue weighted by atomic mass is 10.0. The van der Waals surface area contributed by atoms with E-state index in [2.05, 4.69) is 20.0 Å². The molecule has 11 heteroatoms. The standard InChI is InChI=1S/C22H29N5O5S/c1-5-17(6-2)23-15(4)19(11-16-7-9-18(10-8-16)26-33(31)32)24-20(28)13-27-12-14(3)21(29)25-22(27)30/h5,7-10,12,19,26H,6,11,13H2,1-4H3,(H,24,28)(H,31,32)(H,25,29,30)/p-1/b17-5-,23-15?/t19-/m0/s1. The first-order valence-corrected chi connectivity index (χ1v) is 11.4. The summed E-state index contributed by atoms with van der Waals surface area (Å²) in [6.07, 6.45) is 4.38. The van der Waals surface area contributed by atoms with Crippen LogP contribution in [0.15, 0.2) is 56.8 Å². The molecule has 2 rings (SSSR count). The molecule has 178 valence electrons. The molecule has 1 aromatic heterocycles. The lowest BCUT2D eigenvalue weighted by Crippen LogP contribution is -2.44. The number of aliphatic imine (C=N–C) groups is 1. The second kappa shape index (κ2) is 12.1. The summed E-state index contributed by atoms with van der Waals surface area (Å²) in [6.45, 7) is 6.98. The molecule has 0 saturated carbocycles. The first-order chi connectivity index (χ1) is 15.6. The highest BCUT2D eigenvalue weighted by atomic mass is 32.2. The van der Waals surface area contributed by atoms with Crippen LogP contribution in [-0.2, 0) is 29.0 Å². The number of carbonyl (C=O) groups excluding carboxylic acids is 1. The number of nitrogens with one attached hydrogen (secondary N) is 3. The van der Waals surface area contributed by atoms with E-state index in [1.807, 2.05) is 26.8 Å². The summed E-state index contributed by atoms with van der Waals surface area (Å²) < 4.78 is 25.0. The molecule has 0 spiro atoms. The minimum absolute atomic E-state index is 0.261. The number of aryl methyl sites for hydroxylation is 1. The highest BCUT2D eigenvalue weighted by Gasteiger charge is 2.18. The number of nitrogens with zero attached hydrogens (tertiary/aromatic N) is 2. The molecule has 33 heavy (non-hydrogen) atoms. The Morgan fingerprint density at radius 3 is 2.55 bits per heavy atom. The maximum Gasteiger partial charge on any atom is 0.328 e. The third kappa shape index (κ3) is 7.95. The van der Waals surface area contributed by atoms with Crippen LogP contribution < -0.4 is 21.3 Å². The summed E-state index contributed by atoms with van der Waals surface area (Å²) in [7, 11) is 0. The second-order valence-electron chi connectivity index (χ2n) is 7.44. The molecule has 0 bridgehead atoms. The van der Waals surface area contributed by atoms with Crippen LogP contribution in [0.1, 0.15) is 38.3 Å². The molecule has 2 atom stereocenters. The molecule has 0 saturated heterocycles. The van der Waals surface area contributed by atoms with Crippen LogP contribution in [0.2, 0.25) is 0 Å². The van der Waals surface area contributed by atoms with Crippen molar-refractivity contribution >= 4 is 28.6 Å². The molecule has 1 unspecified atom stereocenters. The zero-order valence-corrected chi connectivity index (χ0v) is 19.8. The van der Waals surface area contributed by atoms with Gasteiger partial charge in [0.15, 0.2) is 0 Å². The highest BCUT2D eigenvalue weighted by Crippen LogP contribution is 2.13. The number of hydrogen-bond donors (Lipinski definition) is 3. The van der Waals surface area contributed by atoms with E-state index in [4.69, 9.17) is 0 Å². The van der Waals surface area contributed by atoms with Crippen LogP contribution in [0.5, 0.6) is 0 Å². The molecule has 3 N–H and O–H groups in total. The van der Waals surface area contributed by atoms with Gasteiger partial charge in [0.2, 0.25) is 5.91 Å². The van der Waals surface area contributed by atoms with E-state index in [0.29, 0.717) is 23.4 Å². The number of benzene rings is 1. The van der Waals surface area contributed by atoms with Gasteiger partial charge in [0.05, 0.1) is 6.04 Å². The molecule has 0 aliphatic heterocycles. The smallest absolute Gasteiger partial charge is 0.328 e. The Hall–Kier alpha value is -3.31. The molecule has 0 fully saturated rings. The number of H-pyrrole nitrogens is 1. The van der Waals surface area contributed by atoms with Crippen molar-refractivity contribution < 1.29 is 13.6 Å². The van der Waals surface area contributed by atoms with Crippen LogP contribution in [0.3, 0.4) is 0 Å². The Balaban J connectivity index is 2.26. The van der Waals surface area contributed by atoms with E-state index in [9.17, 15) is 23.1 Å². The van der Waals surface area contributed by atoms with Gasteiger partial charge >= 0.3 is 5.69 Å². The third-order valence-electron chi connectivity index (χ3n) is 4.95. The average Bonchev–Trinajstić information content (AvgIpc) is 2.76. The minimum Gasteiger partial charge on any atom is -0.755 e. The maximum absolute atomic E-state index is 12.8. The summed E-state index contributed by atoms with van der Waals surface area (Å²) in [5.41, 5.74) is 2.01. The second-order valence-corrected chi connectivity index (χ2v) is 8.12. The van der Waals surface area contributed by atoms with Gasteiger partial charge in [-0.15, -0.1) is 0 Å². The van der Waals surface area contributed by atoms with E-state index in [0.717, 1.165) is 22.2 Å². The SMILES string of the molecule is C/C=C(/CC)N=C(C)[C@H](Cc1ccc(NS(=O)[O-])cc1)NC(=O)Cn1cc(C)c(=O)[nH]c1=O. The Kier molecular flexibility index (Phi) is 9.49. The van der Waals surface area contributed by atoms with E-state index >= 15 is 0 Å². The molecule has 0 aliphatic rings. The summed E-state index contributed by atoms with van der Waals surface area (Å²) in [5, 5.41) is 2.91. The van der Waals surface area contributed by atoms with Gasteiger partial charge in [0.25, 0.3) is 5.56 Å². The monoisotopic (exact) mass is 474 g/mol. The van der Waals surface area contributed by atoms with E-state index in [1.165, 1.54) is 6.20 Å². The van der Waals surface area contributed by atoms with Crippen molar-refractivity contribution in [3.05, 3.63) is 74.2 Å². The number of rotatable bonds is 10. The van der Waals surface area contributed by atoms with E-state index in [-0.39, 0.29) is 6.54 Å². The summed E-state index contributed by atoms with van der Waals surface area (Å²) in [4.78, 5) is 43.1. The van der Waals surface area contributed by atoms with Gasteiger partial charge in [-0.1, -0.05) is 25.1 Å². The molecular weight excluding hydrogens is 446 g/mol. The van der Waals surface area contributed by atoms with Crippen LogP contribution >= 0.6 is 0 Å². The summed E-state index contributed by atoms with van der Waals surface area (Å²) in [6, 6.07) is 6.30. The lowest BCUT2D eigenvalue weighted by Gasteiger charge is -2.20. The Morgan fingerprint density at radius 1 is 1.30 bits per heavy atom. The number of aromatic nitrogens is 2. The first-order valence-electron chi connectivity index (χ1n) is 10.4. The van der Waals surface area contributed by atoms with Crippen LogP contribution in [0, 0.1) is 6.92 Å². The van der Waals surface area contributed by atoms with Gasteiger partial charge in [-0.2, -0.15) is 0 Å². The highest BCUT2D eigenvalue weighted by molar-refractivity contribution is 7.80. The van der Waals surface area contributed by atoms with Gasteiger partial charge in [0.1, 0.15) is 6.54 Å². The Bertz CT molecular complexity index is 1180. The number of carbonyl (C=O) groups is 1. The number of allylic oxidation sites excluding steroid dienone is 2. The fourth-order valence-corrected chi connectivity index (χ4v) is 3.46. The van der Waals surface area contributed by atoms with Crippen molar-refractivity contribution in [1.82, 2.24) is 14.9 Å². The van der Waals surface area contributed by atoms with E-state index < -0.39 is 34.5 Å². The van der Waals surface area contributed by atoms with Gasteiger partial charge < -0.3 is 14.6 Å². The fourth-order valence-electron chi connectivity index (χ4n) is 3.13. The minimum atomic E-state index is -2.42.